The molecule has 3 aliphatic rings. The fourth-order valence-corrected chi connectivity index (χ4v) is 9.09. The third-order valence-corrected chi connectivity index (χ3v) is 12.4. The minimum Gasteiger partial charge on any atom is -0.395 e. The van der Waals surface area contributed by atoms with Crippen LogP contribution in [0.5, 0.6) is 0 Å². The molecular weight excluding hydrogens is 785 g/mol. The van der Waals surface area contributed by atoms with Gasteiger partial charge in [0.05, 0.1) is 35.7 Å². The summed E-state index contributed by atoms with van der Waals surface area (Å²) in [5, 5.41) is 25.6. The van der Waals surface area contributed by atoms with Gasteiger partial charge in [0.15, 0.2) is 11.5 Å². The van der Waals surface area contributed by atoms with E-state index in [1.165, 1.54) is 10.5 Å². The number of nitrogens with one attached hydrogen (secondary N) is 2. The van der Waals surface area contributed by atoms with Gasteiger partial charge in [0.25, 0.3) is 0 Å². The molecule has 62 heavy (non-hydrogen) atoms. The molecule has 16 heteroatoms. The number of benzene rings is 3. The van der Waals surface area contributed by atoms with Gasteiger partial charge < -0.3 is 20.2 Å². The Morgan fingerprint density at radius 3 is 2.34 bits per heavy atom. The molecule has 3 N–H and O–H groups in total. The van der Waals surface area contributed by atoms with E-state index >= 15 is 0 Å². The topological polar surface area (TPSA) is 160 Å². The van der Waals surface area contributed by atoms with Crippen LogP contribution in [0.3, 0.4) is 0 Å². The predicted molar refractivity (Wildman–Crippen MR) is 240 cm³/mol. The van der Waals surface area contributed by atoms with Crippen molar-refractivity contribution < 1.29 is 19.5 Å². The smallest absolute Gasteiger partial charge is 0.329 e. The van der Waals surface area contributed by atoms with Crippen LogP contribution >= 0.6 is 0 Å². The molecule has 3 fully saturated rings. The molecule has 322 valence electrons. The molecule has 4 amide bonds. The molecular formula is C46H54N12O4. The van der Waals surface area contributed by atoms with Crippen molar-refractivity contribution in [3.63, 3.8) is 0 Å². The van der Waals surface area contributed by atoms with Crippen LogP contribution < -0.4 is 20.4 Å². The molecule has 6 heterocycles. The number of carbonyl (C=O) groups is 3. The van der Waals surface area contributed by atoms with Gasteiger partial charge in [0.1, 0.15) is 5.82 Å². The second-order valence-corrected chi connectivity index (χ2v) is 16.4. The van der Waals surface area contributed by atoms with Crippen LogP contribution in [-0.4, -0.2) is 147 Å². The number of hydrogen-bond acceptors (Lipinski definition) is 11. The second kappa shape index (κ2) is 17.9. The molecule has 0 bridgehead atoms. The number of fused-ring (bicyclic) bond motifs is 2. The number of rotatable bonds is 13. The van der Waals surface area contributed by atoms with Gasteiger partial charge in [-0.2, -0.15) is 14.7 Å². The average molecular weight is 839 g/mol. The molecule has 3 aliphatic heterocycles. The van der Waals surface area contributed by atoms with Crippen molar-refractivity contribution >= 4 is 51.7 Å². The third kappa shape index (κ3) is 8.45. The van der Waals surface area contributed by atoms with Gasteiger partial charge in [-0.25, -0.2) is 9.78 Å². The SMILES string of the molecule is Cc1nn2c(N3CCN(CCO)CC3)cc(-c3ccccc3)nc2c1-c1cccc(CCCN2CCN(C(=O)CNc3cccc4c(N5CCC(=O)NC5=O)nn(C)c34)CC2)c1. The largest absolute Gasteiger partial charge is 0.395 e. The van der Waals surface area contributed by atoms with Gasteiger partial charge in [-0.15, -0.1) is 0 Å². The first-order valence-electron chi connectivity index (χ1n) is 21.7. The summed E-state index contributed by atoms with van der Waals surface area (Å²) in [6, 6.07) is 26.5. The zero-order valence-electron chi connectivity index (χ0n) is 35.5. The highest BCUT2D eigenvalue weighted by molar-refractivity contribution is 6.10. The van der Waals surface area contributed by atoms with Crippen LogP contribution in [0.15, 0.2) is 78.9 Å². The van der Waals surface area contributed by atoms with Gasteiger partial charge in [-0.3, -0.25) is 34.3 Å². The quantitative estimate of drug-likeness (QED) is 0.154. The first-order chi connectivity index (χ1) is 30.2. The van der Waals surface area contributed by atoms with Crippen LogP contribution in [0.1, 0.15) is 24.1 Å². The summed E-state index contributed by atoms with van der Waals surface area (Å²) in [5.74, 6) is 1.26. The predicted octanol–water partition coefficient (Wildman–Crippen LogP) is 4.01. The Bertz CT molecular complexity index is 2590. The van der Waals surface area contributed by atoms with E-state index in [2.05, 4.69) is 79.8 Å². The Morgan fingerprint density at radius 1 is 0.823 bits per heavy atom. The molecule has 9 rings (SSSR count). The molecule has 16 nitrogen and oxygen atoms in total. The zero-order chi connectivity index (χ0) is 42.7. The maximum absolute atomic E-state index is 13.4. The Kier molecular flexibility index (Phi) is 11.9. The first-order valence-corrected chi connectivity index (χ1v) is 21.7. The summed E-state index contributed by atoms with van der Waals surface area (Å²) < 4.78 is 3.73. The van der Waals surface area contributed by atoms with Crippen molar-refractivity contribution in [2.24, 2.45) is 7.05 Å². The Morgan fingerprint density at radius 2 is 1.56 bits per heavy atom. The van der Waals surface area contributed by atoms with Crippen molar-refractivity contribution in [1.82, 2.24) is 44.4 Å². The second-order valence-electron chi connectivity index (χ2n) is 16.4. The van der Waals surface area contributed by atoms with Crippen molar-refractivity contribution in [1.29, 1.82) is 0 Å². The third-order valence-electron chi connectivity index (χ3n) is 12.4. The molecule has 0 unspecified atom stereocenters. The zero-order valence-corrected chi connectivity index (χ0v) is 35.5. The maximum Gasteiger partial charge on any atom is 0.329 e. The van der Waals surface area contributed by atoms with E-state index < -0.39 is 6.03 Å². The number of nitrogens with zero attached hydrogens (tertiary/aromatic N) is 10. The Balaban J connectivity index is 0.815. The van der Waals surface area contributed by atoms with Crippen molar-refractivity contribution in [3.8, 4) is 22.4 Å². The number of hydrogen-bond donors (Lipinski definition) is 3. The van der Waals surface area contributed by atoms with E-state index in [4.69, 9.17) is 10.1 Å². The van der Waals surface area contributed by atoms with Crippen LogP contribution in [0.2, 0.25) is 0 Å². The number of β-amino-alcohol motifs (C(OH)–C–C–N with tert-alkyl or cyclic N) is 1. The standard InChI is InChI=1S/C46H54N12O4/c1-32-42(45-48-38(34-11-4-3-5-12-34)30-40(58(45)50-32)55-23-19-54(20-24-55)27-28-59)35-13-6-9-33(29-35)10-8-17-53-21-25-56(26-22-53)41(61)31-47-37-15-7-14-36-43(37)52(2)51-44(36)57-18-16-39(60)49-46(57)62/h3-7,9,11-15,29-30,47,59H,8,10,16-28,31H2,1-2H3,(H,49,60,62). The first kappa shape index (κ1) is 41.0. The lowest BCUT2D eigenvalue weighted by Gasteiger charge is -2.35. The van der Waals surface area contributed by atoms with Gasteiger partial charge in [0, 0.05) is 101 Å². The number of piperazine rings is 2. The van der Waals surface area contributed by atoms with E-state index in [0.29, 0.717) is 25.5 Å². The fraction of sp³-hybridized carbons (Fsp3) is 0.391. The number of aromatic nitrogens is 5. The van der Waals surface area contributed by atoms with E-state index in [1.807, 2.05) is 52.9 Å². The normalized spacial score (nSPS) is 16.7. The fourth-order valence-electron chi connectivity index (χ4n) is 9.09. The minimum atomic E-state index is -0.482. The molecule has 0 saturated carbocycles. The molecule has 3 saturated heterocycles. The molecule has 0 atom stereocenters. The summed E-state index contributed by atoms with van der Waals surface area (Å²) in [4.78, 5) is 53.4. The summed E-state index contributed by atoms with van der Waals surface area (Å²) in [6.45, 7) is 10.7. The molecule has 0 spiro atoms. The van der Waals surface area contributed by atoms with Crippen molar-refractivity contribution in [2.45, 2.75) is 26.2 Å². The Labute approximate surface area is 360 Å². The number of para-hydroxylation sites is 1. The van der Waals surface area contributed by atoms with Crippen LogP contribution in [0, 0.1) is 6.92 Å². The summed E-state index contributed by atoms with van der Waals surface area (Å²) in [5.41, 5.74) is 8.74. The summed E-state index contributed by atoms with van der Waals surface area (Å²) in [6.07, 6.45) is 2.15. The lowest BCUT2D eigenvalue weighted by Crippen LogP contribution is -2.50. The van der Waals surface area contributed by atoms with E-state index in [9.17, 15) is 19.5 Å². The number of aliphatic hydroxyl groups excluding tert-OH is 1. The van der Waals surface area contributed by atoms with Crippen LogP contribution in [-0.2, 0) is 23.1 Å². The van der Waals surface area contributed by atoms with E-state index in [1.54, 1.807) is 4.68 Å². The van der Waals surface area contributed by atoms with Gasteiger partial charge in [0.2, 0.25) is 11.8 Å². The van der Waals surface area contributed by atoms with Gasteiger partial charge in [-0.05, 0) is 49.6 Å². The molecule has 0 radical (unpaired) electrons. The van der Waals surface area contributed by atoms with Crippen LogP contribution in [0.4, 0.5) is 22.1 Å². The highest BCUT2D eigenvalue weighted by Crippen LogP contribution is 2.34. The highest BCUT2D eigenvalue weighted by atomic mass is 16.3. The lowest BCUT2D eigenvalue weighted by atomic mass is 10.0. The molecule has 3 aromatic heterocycles. The minimum absolute atomic E-state index is 0.0379. The molecule has 3 aromatic carbocycles. The average Bonchev–Trinajstić information content (AvgIpc) is 3.81. The van der Waals surface area contributed by atoms with Crippen molar-refractivity contribution in [3.05, 3.63) is 90.1 Å². The number of urea groups is 1. The number of imide groups is 1. The summed E-state index contributed by atoms with van der Waals surface area (Å²) >= 11 is 0. The molecule has 6 aromatic rings. The van der Waals surface area contributed by atoms with Crippen molar-refractivity contribution in [2.75, 3.05) is 100 Å². The Hall–Kier alpha value is -6.36. The van der Waals surface area contributed by atoms with Gasteiger partial charge in [-0.1, -0.05) is 60.7 Å². The highest BCUT2D eigenvalue weighted by Gasteiger charge is 2.29. The molecule has 0 aliphatic carbocycles. The van der Waals surface area contributed by atoms with Gasteiger partial charge >= 0.3 is 6.03 Å². The number of aryl methyl sites for hydroxylation is 3. The van der Waals surface area contributed by atoms with E-state index in [-0.39, 0.29) is 37.9 Å². The number of carbonyl (C=O) groups excluding carboxylic acids is 3. The maximum atomic E-state index is 13.4. The van der Waals surface area contributed by atoms with E-state index in [0.717, 1.165) is 115 Å². The lowest BCUT2D eigenvalue weighted by molar-refractivity contribution is -0.131. The number of anilines is 3. The van der Waals surface area contributed by atoms with Crippen LogP contribution in [0.25, 0.3) is 38.9 Å². The monoisotopic (exact) mass is 838 g/mol. The number of aliphatic hydroxyl groups is 1. The number of amides is 4. The summed E-state index contributed by atoms with van der Waals surface area (Å²) in [7, 11) is 1.81.